The number of fused-ring (bicyclic) bond motifs is 1. The number of nitrogens with zero attached hydrogens (tertiary/aromatic N) is 2. The molecule has 0 spiro atoms. The second-order valence-electron chi connectivity index (χ2n) is 11.2. The van der Waals surface area contributed by atoms with Gasteiger partial charge in [0, 0.05) is 37.0 Å². The van der Waals surface area contributed by atoms with E-state index in [1.807, 2.05) is 0 Å². The fraction of sp³-hybridized carbons (Fsp3) is 0.444. The van der Waals surface area contributed by atoms with Gasteiger partial charge < -0.3 is 19.1 Å². The van der Waals surface area contributed by atoms with Gasteiger partial charge in [0.25, 0.3) is 0 Å². The highest BCUT2D eigenvalue weighted by Gasteiger charge is 2.18. The number of hydrogen-bond donors (Lipinski definition) is 0. The van der Waals surface area contributed by atoms with Crippen LogP contribution in [0.4, 0.5) is 5.69 Å². The first kappa shape index (κ1) is 29.1. The molecule has 218 valence electrons. The van der Waals surface area contributed by atoms with Crippen LogP contribution in [0.3, 0.4) is 0 Å². The van der Waals surface area contributed by atoms with E-state index in [4.69, 9.17) is 14.2 Å². The molecule has 1 heterocycles. The Hall–Kier alpha value is -3.44. The van der Waals surface area contributed by atoms with Crippen molar-refractivity contribution in [1.82, 2.24) is 4.90 Å². The number of allylic oxidation sites excluding steroid dienone is 1. The fourth-order valence-corrected chi connectivity index (χ4v) is 6.11. The molecule has 0 atom stereocenters. The monoisotopic (exact) mass is 554 g/mol. The second kappa shape index (κ2) is 14.5. The maximum absolute atomic E-state index is 6.12. The maximum atomic E-state index is 6.12. The lowest BCUT2D eigenvalue weighted by Gasteiger charge is -2.27. The van der Waals surface area contributed by atoms with Gasteiger partial charge in [0.05, 0.1) is 14.2 Å². The summed E-state index contributed by atoms with van der Waals surface area (Å²) in [4.78, 5) is 5.00. The van der Waals surface area contributed by atoms with E-state index in [2.05, 4.69) is 83.5 Å². The molecular formula is C36H46N2O3. The van der Waals surface area contributed by atoms with Gasteiger partial charge in [-0.25, -0.2) is 0 Å². The molecule has 0 saturated carbocycles. The Bertz CT molecular complexity index is 1290. The summed E-state index contributed by atoms with van der Waals surface area (Å²) >= 11 is 0. The average Bonchev–Trinajstić information content (AvgIpc) is 3.41. The fourth-order valence-electron chi connectivity index (χ4n) is 6.11. The predicted octanol–water partition coefficient (Wildman–Crippen LogP) is 7.86. The molecule has 41 heavy (non-hydrogen) atoms. The Morgan fingerprint density at radius 3 is 2.20 bits per heavy atom. The van der Waals surface area contributed by atoms with Crippen molar-refractivity contribution in [1.29, 1.82) is 0 Å². The van der Waals surface area contributed by atoms with E-state index >= 15 is 0 Å². The summed E-state index contributed by atoms with van der Waals surface area (Å²) in [6.45, 7) is 8.13. The third kappa shape index (κ3) is 7.65. The highest BCUT2D eigenvalue weighted by atomic mass is 16.5. The standard InChI is InChI=1S/C36H46N2O3/c1-4-38(27-28-12-15-32(16-13-28)41-23-22-37-20-7-5-6-8-21-37)36-26-34(40-3)18-19-35(36)31-11-9-10-29-25-33(39-2)17-14-30(29)24-31/h12-19,24-26H,4-11,20-23,27H2,1-3H3. The molecule has 3 aromatic rings. The zero-order chi connectivity index (χ0) is 28.4. The summed E-state index contributed by atoms with van der Waals surface area (Å²) in [7, 11) is 3.48. The van der Waals surface area contributed by atoms with Crippen LogP contribution in [0.15, 0.2) is 60.7 Å². The number of rotatable bonds is 11. The summed E-state index contributed by atoms with van der Waals surface area (Å²) in [6, 6.07) is 21.6. The van der Waals surface area contributed by atoms with Crippen molar-refractivity contribution < 1.29 is 14.2 Å². The van der Waals surface area contributed by atoms with Crippen LogP contribution in [0, 0.1) is 0 Å². The third-order valence-electron chi connectivity index (χ3n) is 8.52. The molecular weight excluding hydrogens is 508 g/mol. The van der Waals surface area contributed by atoms with E-state index in [9.17, 15) is 0 Å². The number of benzene rings is 3. The van der Waals surface area contributed by atoms with E-state index in [1.54, 1.807) is 14.2 Å². The molecule has 5 rings (SSSR count). The number of likely N-dealkylation sites (tertiary alicyclic amines) is 1. The molecule has 5 heteroatoms. The number of aryl methyl sites for hydroxylation is 1. The van der Waals surface area contributed by atoms with Crippen LogP contribution < -0.4 is 19.1 Å². The van der Waals surface area contributed by atoms with Gasteiger partial charge in [-0.1, -0.05) is 37.1 Å². The van der Waals surface area contributed by atoms with E-state index in [-0.39, 0.29) is 0 Å². The summed E-state index contributed by atoms with van der Waals surface area (Å²) in [5.74, 6) is 2.76. The summed E-state index contributed by atoms with van der Waals surface area (Å²) in [6.07, 6.45) is 11.0. The van der Waals surface area contributed by atoms with Crippen LogP contribution in [-0.4, -0.2) is 51.9 Å². The Labute approximate surface area is 246 Å². The Kier molecular flexibility index (Phi) is 10.2. The Morgan fingerprint density at radius 2 is 1.46 bits per heavy atom. The van der Waals surface area contributed by atoms with Gasteiger partial charge in [-0.3, -0.25) is 4.90 Å². The number of ether oxygens (including phenoxy) is 3. The van der Waals surface area contributed by atoms with E-state index < -0.39 is 0 Å². The first-order valence-electron chi connectivity index (χ1n) is 15.4. The SMILES string of the molecule is CCN(Cc1ccc(OCCN2CCCCCC2)cc1)c1cc(OC)ccc1C1=Cc2ccc(OC)cc2CCC1. The molecule has 1 fully saturated rings. The van der Waals surface area contributed by atoms with E-state index in [0.717, 1.165) is 62.8 Å². The molecule has 2 aliphatic rings. The maximum Gasteiger partial charge on any atom is 0.120 e. The first-order chi connectivity index (χ1) is 20.2. The van der Waals surface area contributed by atoms with Crippen LogP contribution >= 0.6 is 0 Å². The van der Waals surface area contributed by atoms with Crippen molar-refractivity contribution in [3.63, 3.8) is 0 Å². The van der Waals surface area contributed by atoms with Crippen molar-refractivity contribution in [3.8, 4) is 17.2 Å². The third-order valence-corrected chi connectivity index (χ3v) is 8.52. The van der Waals surface area contributed by atoms with Gasteiger partial charge in [-0.15, -0.1) is 0 Å². The van der Waals surface area contributed by atoms with Gasteiger partial charge >= 0.3 is 0 Å². The molecule has 0 N–H and O–H groups in total. The van der Waals surface area contributed by atoms with Crippen molar-refractivity contribution in [2.24, 2.45) is 0 Å². The molecule has 0 radical (unpaired) electrons. The minimum absolute atomic E-state index is 0.749. The molecule has 1 aliphatic carbocycles. The van der Waals surface area contributed by atoms with Gasteiger partial charge in [-0.05, 0) is 111 Å². The van der Waals surface area contributed by atoms with Crippen LogP contribution in [0.1, 0.15) is 67.7 Å². The summed E-state index contributed by atoms with van der Waals surface area (Å²) < 4.78 is 17.3. The van der Waals surface area contributed by atoms with E-state index in [0.29, 0.717) is 0 Å². The minimum Gasteiger partial charge on any atom is -0.497 e. The van der Waals surface area contributed by atoms with Crippen LogP contribution in [-0.2, 0) is 13.0 Å². The molecule has 0 bridgehead atoms. The second-order valence-corrected chi connectivity index (χ2v) is 11.2. The van der Waals surface area contributed by atoms with Crippen LogP contribution in [0.25, 0.3) is 11.6 Å². The molecule has 5 nitrogen and oxygen atoms in total. The topological polar surface area (TPSA) is 34.2 Å². The minimum atomic E-state index is 0.749. The van der Waals surface area contributed by atoms with Gasteiger partial charge in [0.15, 0.2) is 0 Å². The zero-order valence-electron chi connectivity index (χ0n) is 25.2. The van der Waals surface area contributed by atoms with Crippen molar-refractivity contribution in [2.45, 2.75) is 58.4 Å². The highest BCUT2D eigenvalue weighted by Crippen LogP contribution is 2.38. The number of anilines is 1. The molecule has 1 aliphatic heterocycles. The lowest BCUT2D eigenvalue weighted by atomic mass is 9.97. The molecule has 0 aromatic heterocycles. The average molecular weight is 555 g/mol. The predicted molar refractivity (Wildman–Crippen MR) is 170 cm³/mol. The van der Waals surface area contributed by atoms with Crippen LogP contribution in [0.5, 0.6) is 17.2 Å². The van der Waals surface area contributed by atoms with Crippen LogP contribution in [0.2, 0.25) is 0 Å². The van der Waals surface area contributed by atoms with Crippen molar-refractivity contribution in [3.05, 3.63) is 82.9 Å². The quantitative estimate of drug-likeness (QED) is 0.241. The molecule has 3 aromatic carbocycles. The summed E-state index contributed by atoms with van der Waals surface area (Å²) in [5.41, 5.74) is 7.79. The lowest BCUT2D eigenvalue weighted by Crippen LogP contribution is -2.29. The van der Waals surface area contributed by atoms with Gasteiger partial charge in [-0.2, -0.15) is 0 Å². The molecule has 0 amide bonds. The molecule has 1 saturated heterocycles. The lowest BCUT2D eigenvalue weighted by molar-refractivity contribution is 0.214. The number of hydrogen-bond acceptors (Lipinski definition) is 5. The number of methoxy groups -OCH3 is 2. The van der Waals surface area contributed by atoms with E-state index in [1.165, 1.54) is 72.3 Å². The summed E-state index contributed by atoms with van der Waals surface area (Å²) in [5, 5.41) is 0. The van der Waals surface area contributed by atoms with Gasteiger partial charge in [0.1, 0.15) is 23.9 Å². The zero-order valence-corrected chi connectivity index (χ0v) is 25.2. The first-order valence-corrected chi connectivity index (χ1v) is 15.4. The molecule has 0 unspecified atom stereocenters. The Balaban J connectivity index is 1.31. The van der Waals surface area contributed by atoms with Crippen molar-refractivity contribution in [2.75, 3.05) is 51.9 Å². The smallest absolute Gasteiger partial charge is 0.120 e. The van der Waals surface area contributed by atoms with Crippen molar-refractivity contribution >= 4 is 17.3 Å². The normalized spacial score (nSPS) is 15.7. The van der Waals surface area contributed by atoms with Gasteiger partial charge in [0.2, 0.25) is 0 Å². The Morgan fingerprint density at radius 1 is 0.756 bits per heavy atom. The highest BCUT2D eigenvalue weighted by molar-refractivity contribution is 5.89. The largest absolute Gasteiger partial charge is 0.497 e.